The van der Waals surface area contributed by atoms with E-state index in [-0.39, 0.29) is 64.8 Å². The number of benzene rings is 1. The van der Waals surface area contributed by atoms with Gasteiger partial charge in [0.25, 0.3) is 0 Å². The molecular formula is C28H46N8O12P4. The van der Waals surface area contributed by atoms with Crippen molar-refractivity contribution in [2.45, 2.75) is 55.4 Å². The van der Waals surface area contributed by atoms with Crippen molar-refractivity contribution >= 4 is 75.9 Å². The van der Waals surface area contributed by atoms with Crippen LogP contribution in [0.2, 0.25) is 0 Å². The maximum Gasteiger partial charge on any atom is 0.398 e. The summed E-state index contributed by atoms with van der Waals surface area (Å²) in [5, 5.41) is 5.93. The molecule has 0 aliphatic carbocycles. The van der Waals surface area contributed by atoms with E-state index < -0.39 is 52.6 Å². The van der Waals surface area contributed by atoms with Gasteiger partial charge in [-0.1, -0.05) is 0 Å². The van der Waals surface area contributed by atoms with Gasteiger partial charge in [0.05, 0.1) is 52.9 Å². The summed E-state index contributed by atoms with van der Waals surface area (Å²) in [6.07, 6.45) is 0. The molecule has 2 N–H and O–H groups in total. The van der Waals surface area contributed by atoms with Gasteiger partial charge in [0, 0.05) is 11.4 Å². The van der Waals surface area contributed by atoms with Gasteiger partial charge in [-0.15, -0.1) is 0 Å². The van der Waals surface area contributed by atoms with Crippen molar-refractivity contribution in [1.29, 1.82) is 0 Å². The van der Waals surface area contributed by atoms with Gasteiger partial charge in [0.15, 0.2) is 0 Å². The van der Waals surface area contributed by atoms with Crippen molar-refractivity contribution in [1.82, 2.24) is 29.9 Å². The minimum absolute atomic E-state index is 0.0118. The Morgan fingerprint density at radius 3 is 0.750 bits per heavy atom. The zero-order chi connectivity index (χ0) is 38.4. The van der Waals surface area contributed by atoms with Gasteiger partial charge in [-0.3, -0.25) is 18.3 Å². The Morgan fingerprint density at radius 2 is 0.577 bits per heavy atom. The van der Waals surface area contributed by atoms with Crippen LogP contribution in [0.5, 0.6) is 0 Å². The van der Waals surface area contributed by atoms with Gasteiger partial charge in [-0.25, -0.2) is 0 Å². The predicted octanol–water partition coefficient (Wildman–Crippen LogP) is 5.11. The second kappa shape index (κ2) is 20.2. The lowest BCUT2D eigenvalue weighted by molar-refractivity contribution is 0.225. The minimum Gasteiger partial charge on any atom is -0.324 e. The number of hydrogen-bond donors (Lipinski definition) is 2. The smallest absolute Gasteiger partial charge is 0.324 e. The summed E-state index contributed by atoms with van der Waals surface area (Å²) in [6.45, 7) is 13.1. The van der Waals surface area contributed by atoms with E-state index in [1.165, 1.54) is 0 Å². The molecule has 290 valence electrons. The Kier molecular flexibility index (Phi) is 17.0. The highest BCUT2D eigenvalue weighted by atomic mass is 31.2. The lowest BCUT2D eigenvalue weighted by atomic mass is 10.3. The topological polar surface area (TPSA) is 244 Å². The third-order valence-electron chi connectivity index (χ3n) is 5.99. The van der Waals surface area contributed by atoms with Crippen LogP contribution in [-0.4, -0.2) is 82.8 Å². The molecule has 0 radical (unpaired) electrons. The number of rotatable bonds is 24. The Bertz CT molecular complexity index is 1540. The van der Waals surface area contributed by atoms with E-state index in [1.54, 1.807) is 79.7 Å². The molecular weight excluding hydrogens is 764 g/mol. The average molecular weight is 811 g/mol. The van der Waals surface area contributed by atoms with E-state index in [0.29, 0.717) is 11.4 Å². The van der Waals surface area contributed by atoms with Crippen LogP contribution in [-0.2, 0) is 54.5 Å². The van der Waals surface area contributed by atoms with Gasteiger partial charge >= 0.3 is 30.4 Å². The molecule has 3 rings (SSSR count). The molecule has 20 nitrogen and oxygen atoms in total. The van der Waals surface area contributed by atoms with Crippen molar-refractivity contribution in [3.05, 3.63) is 24.3 Å². The van der Waals surface area contributed by atoms with E-state index in [4.69, 9.17) is 36.2 Å². The normalized spacial score (nSPS) is 12.6. The highest BCUT2D eigenvalue weighted by Gasteiger charge is 2.39. The maximum atomic E-state index is 13.7. The third-order valence-corrected chi connectivity index (χ3v) is 13.5. The lowest BCUT2D eigenvalue weighted by Crippen LogP contribution is -2.30. The standard InChI is InChI=1S/C28H46N8O12P4/c1-9-41-49(37,42-10-2)25-31-23(32-26(35-25)50(38,43-11-3)44-12-4)29-21-17-19-22(20-18-21)30-24-33-27(51(39,45-13-5)46-14-6)36-28(34-24)52(40,47-15-7)48-16-8/h17-20H,9-16H2,1-8H3,(H,29,31,32,35)(H,30,33,34,36). The van der Waals surface area contributed by atoms with Gasteiger partial charge in [-0.05, 0) is 79.7 Å². The largest absolute Gasteiger partial charge is 0.398 e. The first kappa shape index (κ1) is 43.8. The summed E-state index contributed by atoms with van der Waals surface area (Å²) < 4.78 is 98.0. The fraction of sp³-hybridized carbons (Fsp3) is 0.571. The molecule has 0 atom stereocenters. The molecule has 1 aromatic carbocycles. The van der Waals surface area contributed by atoms with E-state index in [2.05, 4.69) is 40.5 Å². The zero-order valence-corrected chi connectivity index (χ0v) is 33.9. The Labute approximate surface area is 303 Å². The first-order valence-electron chi connectivity index (χ1n) is 16.6. The SMILES string of the molecule is CCOP(=O)(OCC)c1nc(Nc2ccc(Nc3nc(P(=O)(OCC)OCC)nc(P(=O)(OCC)OCC)n3)cc2)nc(P(=O)(OCC)OCC)n1. The molecule has 2 heterocycles. The summed E-state index contributed by atoms with van der Waals surface area (Å²) in [5.41, 5.74) is -0.728. The first-order valence-corrected chi connectivity index (χ1v) is 22.7. The van der Waals surface area contributed by atoms with Gasteiger partial charge < -0.3 is 46.8 Å². The molecule has 0 amide bonds. The Hall–Kier alpha value is -2.56. The zero-order valence-electron chi connectivity index (χ0n) is 30.3. The molecule has 0 aliphatic rings. The van der Waals surface area contributed by atoms with Crippen molar-refractivity contribution in [3.63, 3.8) is 0 Å². The van der Waals surface area contributed by atoms with E-state index >= 15 is 0 Å². The summed E-state index contributed by atoms with van der Waals surface area (Å²) in [4.78, 5) is 25.4. The van der Waals surface area contributed by atoms with Gasteiger partial charge in [0.2, 0.25) is 34.2 Å². The van der Waals surface area contributed by atoms with Crippen molar-refractivity contribution in [2.24, 2.45) is 0 Å². The van der Waals surface area contributed by atoms with Crippen molar-refractivity contribution < 1.29 is 54.5 Å². The number of anilines is 4. The number of nitrogens with one attached hydrogen (secondary N) is 2. The average Bonchev–Trinajstić information content (AvgIpc) is 3.10. The molecule has 0 bridgehead atoms. The van der Waals surface area contributed by atoms with Crippen LogP contribution in [0.1, 0.15) is 55.4 Å². The molecule has 0 fully saturated rings. The molecule has 2 aromatic heterocycles. The molecule has 24 heteroatoms. The van der Waals surface area contributed by atoms with Crippen LogP contribution < -0.4 is 32.9 Å². The fourth-order valence-corrected chi connectivity index (χ4v) is 10.0. The van der Waals surface area contributed by atoms with Crippen LogP contribution in [0, 0.1) is 0 Å². The summed E-state index contributed by atoms with van der Waals surface area (Å²) >= 11 is 0. The maximum absolute atomic E-state index is 13.7. The van der Waals surface area contributed by atoms with Gasteiger partial charge in [0.1, 0.15) is 0 Å². The third kappa shape index (κ3) is 11.2. The van der Waals surface area contributed by atoms with E-state index in [1.807, 2.05) is 0 Å². The molecule has 0 saturated carbocycles. The minimum atomic E-state index is -4.07. The van der Waals surface area contributed by atoms with Crippen LogP contribution in [0.15, 0.2) is 24.3 Å². The van der Waals surface area contributed by atoms with Crippen molar-refractivity contribution in [2.75, 3.05) is 63.5 Å². The molecule has 0 aliphatic heterocycles. The van der Waals surface area contributed by atoms with Crippen molar-refractivity contribution in [3.8, 4) is 0 Å². The van der Waals surface area contributed by atoms with Crippen LogP contribution in [0.4, 0.5) is 23.3 Å². The number of hydrogen-bond acceptors (Lipinski definition) is 20. The molecule has 0 saturated heterocycles. The number of aromatic nitrogens is 6. The van der Waals surface area contributed by atoms with E-state index in [0.717, 1.165) is 0 Å². The molecule has 0 spiro atoms. The van der Waals surface area contributed by atoms with Crippen LogP contribution in [0.3, 0.4) is 0 Å². The van der Waals surface area contributed by atoms with Crippen LogP contribution in [0.25, 0.3) is 0 Å². The highest BCUT2D eigenvalue weighted by molar-refractivity contribution is 7.63. The number of nitrogens with zero attached hydrogens (tertiary/aromatic N) is 6. The molecule has 3 aromatic rings. The monoisotopic (exact) mass is 810 g/mol. The Balaban J connectivity index is 2.06. The molecule has 0 unspecified atom stereocenters. The summed E-state index contributed by atoms with van der Waals surface area (Å²) in [7, 11) is -16.3. The second-order valence-electron chi connectivity index (χ2n) is 9.68. The van der Waals surface area contributed by atoms with Gasteiger partial charge in [-0.2, -0.15) is 29.9 Å². The quantitative estimate of drug-likeness (QED) is 0.112. The van der Waals surface area contributed by atoms with Crippen LogP contribution >= 0.6 is 30.4 Å². The summed E-state index contributed by atoms with van der Waals surface area (Å²) in [6, 6.07) is 6.45. The lowest BCUT2D eigenvalue weighted by Gasteiger charge is -2.20. The first-order chi connectivity index (χ1) is 24.8. The molecule has 52 heavy (non-hydrogen) atoms. The fourth-order valence-electron chi connectivity index (χ4n) is 4.18. The predicted molar refractivity (Wildman–Crippen MR) is 195 cm³/mol. The summed E-state index contributed by atoms with van der Waals surface area (Å²) in [5.74, 6) is -0.311. The second-order valence-corrected chi connectivity index (χ2v) is 17.3. The highest BCUT2D eigenvalue weighted by Crippen LogP contribution is 2.50. The Morgan fingerprint density at radius 1 is 0.385 bits per heavy atom. The van der Waals surface area contributed by atoms with E-state index in [9.17, 15) is 18.3 Å².